The zero-order valence-electron chi connectivity index (χ0n) is 9.11. The second-order valence-electron chi connectivity index (χ2n) is 3.61. The number of carbonyl (C=O) groups excluding carboxylic acids is 1. The predicted molar refractivity (Wildman–Crippen MR) is 75.6 cm³/mol. The summed E-state index contributed by atoms with van der Waals surface area (Å²) in [6.07, 6.45) is 4.80. The Bertz CT molecular complexity index is 528. The third kappa shape index (κ3) is 3.05. The number of nitrogens with zero attached hydrogens (tertiary/aromatic N) is 2. The summed E-state index contributed by atoms with van der Waals surface area (Å²) >= 11 is 8.23. The number of ketones is 1. The van der Waals surface area contributed by atoms with Gasteiger partial charge in [0.1, 0.15) is 5.82 Å². The van der Waals surface area contributed by atoms with Crippen LogP contribution in [0.2, 0.25) is 0 Å². The van der Waals surface area contributed by atoms with Crippen LogP contribution in [-0.2, 0) is 13.5 Å². The lowest BCUT2D eigenvalue weighted by atomic mass is 10.2. The van der Waals surface area contributed by atoms with Crippen LogP contribution >= 0.6 is 43.2 Å². The Balaban J connectivity index is 2.00. The lowest BCUT2D eigenvalue weighted by Crippen LogP contribution is -2.03. The minimum absolute atomic E-state index is 0.157. The Morgan fingerprint density at radius 1 is 1.53 bits per heavy atom. The van der Waals surface area contributed by atoms with E-state index in [1.54, 1.807) is 6.20 Å². The number of rotatable bonds is 4. The van der Waals surface area contributed by atoms with Crippen LogP contribution in [0, 0.1) is 0 Å². The molecule has 0 N–H and O–H groups in total. The minimum Gasteiger partial charge on any atom is -0.338 e. The number of thiophene rings is 1. The van der Waals surface area contributed by atoms with Crippen molar-refractivity contribution in [2.45, 2.75) is 12.8 Å². The molecule has 17 heavy (non-hydrogen) atoms. The number of hydrogen-bond donors (Lipinski definition) is 0. The molecule has 0 aliphatic rings. The first-order valence-electron chi connectivity index (χ1n) is 5.02. The van der Waals surface area contributed by atoms with Gasteiger partial charge in [-0.3, -0.25) is 4.79 Å². The van der Waals surface area contributed by atoms with E-state index in [9.17, 15) is 4.79 Å². The maximum Gasteiger partial charge on any atom is 0.173 e. The van der Waals surface area contributed by atoms with E-state index in [4.69, 9.17) is 0 Å². The average Bonchev–Trinajstić information content (AvgIpc) is 2.83. The number of Topliss-reactive ketones (excluding diaryl/α,β-unsaturated/α-hetero) is 1. The largest absolute Gasteiger partial charge is 0.338 e. The molecule has 0 radical (unpaired) electrons. The molecule has 0 atom stereocenters. The summed E-state index contributed by atoms with van der Waals surface area (Å²) in [5.74, 6) is 1.09. The summed E-state index contributed by atoms with van der Waals surface area (Å²) in [5, 5.41) is 0. The molecule has 0 bridgehead atoms. The Hall–Kier alpha value is -0.460. The third-order valence-electron chi connectivity index (χ3n) is 2.42. The highest BCUT2D eigenvalue weighted by molar-refractivity contribution is 9.13. The maximum absolute atomic E-state index is 11.9. The molecule has 0 spiro atoms. The fourth-order valence-corrected chi connectivity index (χ4v) is 3.47. The van der Waals surface area contributed by atoms with Gasteiger partial charge >= 0.3 is 0 Å². The summed E-state index contributed by atoms with van der Waals surface area (Å²) in [6.45, 7) is 0. The molecule has 0 fully saturated rings. The van der Waals surface area contributed by atoms with E-state index in [1.807, 2.05) is 23.9 Å². The number of hydrogen-bond acceptors (Lipinski definition) is 3. The van der Waals surface area contributed by atoms with Gasteiger partial charge in [0, 0.05) is 36.8 Å². The molecular weight excluding hydrogens is 368 g/mol. The van der Waals surface area contributed by atoms with E-state index in [0.717, 1.165) is 19.0 Å². The number of carbonyl (C=O) groups is 1. The molecule has 0 aliphatic carbocycles. The number of imidazole rings is 1. The van der Waals surface area contributed by atoms with Crippen molar-refractivity contribution in [3.63, 3.8) is 0 Å². The van der Waals surface area contributed by atoms with Gasteiger partial charge in [-0.1, -0.05) is 0 Å². The summed E-state index contributed by atoms with van der Waals surface area (Å²) < 4.78 is 3.83. The van der Waals surface area contributed by atoms with Crippen molar-refractivity contribution < 1.29 is 4.79 Å². The molecule has 0 aliphatic heterocycles. The van der Waals surface area contributed by atoms with Crippen molar-refractivity contribution in [1.82, 2.24) is 9.55 Å². The molecule has 2 aromatic rings. The Kier molecular flexibility index (Phi) is 4.17. The van der Waals surface area contributed by atoms with Gasteiger partial charge in [0.25, 0.3) is 0 Å². The molecular formula is C11H10Br2N2OS. The van der Waals surface area contributed by atoms with Crippen LogP contribution in [0.25, 0.3) is 0 Å². The van der Waals surface area contributed by atoms with Crippen LogP contribution in [-0.4, -0.2) is 15.3 Å². The molecule has 6 heteroatoms. The fourth-order valence-electron chi connectivity index (χ4n) is 1.47. The smallest absolute Gasteiger partial charge is 0.173 e. The predicted octanol–water partition coefficient (Wildman–Crippen LogP) is 3.82. The van der Waals surface area contributed by atoms with Gasteiger partial charge in [0.05, 0.1) is 8.66 Å². The van der Waals surface area contributed by atoms with Crippen molar-refractivity contribution in [3.8, 4) is 0 Å². The van der Waals surface area contributed by atoms with E-state index in [0.29, 0.717) is 12.8 Å². The van der Waals surface area contributed by atoms with Crippen LogP contribution in [0.5, 0.6) is 0 Å². The first kappa shape index (κ1) is 13.0. The maximum atomic E-state index is 11.9. The number of aryl methyl sites for hydroxylation is 2. The van der Waals surface area contributed by atoms with E-state index in [1.165, 1.54) is 11.3 Å². The number of aromatic nitrogens is 2. The second kappa shape index (κ2) is 5.46. The highest BCUT2D eigenvalue weighted by Crippen LogP contribution is 2.33. The minimum atomic E-state index is 0.157. The van der Waals surface area contributed by atoms with Crippen LogP contribution in [0.3, 0.4) is 0 Å². The highest BCUT2D eigenvalue weighted by Gasteiger charge is 2.12. The zero-order valence-corrected chi connectivity index (χ0v) is 13.1. The summed E-state index contributed by atoms with van der Waals surface area (Å²) in [7, 11) is 1.94. The van der Waals surface area contributed by atoms with E-state index < -0.39 is 0 Å². The van der Waals surface area contributed by atoms with E-state index >= 15 is 0 Å². The van der Waals surface area contributed by atoms with Crippen LogP contribution in [0.1, 0.15) is 21.9 Å². The van der Waals surface area contributed by atoms with Gasteiger partial charge in [-0.05, 0) is 37.9 Å². The molecule has 0 saturated heterocycles. The first-order chi connectivity index (χ1) is 8.08. The fraction of sp³-hybridized carbons (Fsp3) is 0.273. The van der Waals surface area contributed by atoms with E-state index in [2.05, 4.69) is 36.8 Å². The summed E-state index contributed by atoms with van der Waals surface area (Å²) in [5.41, 5.74) is 0. The zero-order chi connectivity index (χ0) is 12.4. The van der Waals surface area contributed by atoms with Crippen molar-refractivity contribution in [1.29, 1.82) is 0 Å². The summed E-state index contributed by atoms with van der Waals surface area (Å²) in [4.78, 5) is 16.9. The van der Waals surface area contributed by atoms with Crippen LogP contribution in [0.15, 0.2) is 26.7 Å². The standard InChI is InChI=1S/C11H10Br2N2OS/c1-15-5-4-14-10(15)3-2-8(16)9-6-7(12)11(13)17-9/h4-6H,2-3H2,1H3. The monoisotopic (exact) mass is 376 g/mol. The second-order valence-corrected chi connectivity index (χ2v) is 6.83. The lowest BCUT2D eigenvalue weighted by molar-refractivity contribution is 0.0986. The molecule has 0 amide bonds. The van der Waals surface area contributed by atoms with Crippen molar-refractivity contribution in [2.75, 3.05) is 0 Å². The Labute approximate surface area is 120 Å². The lowest BCUT2D eigenvalue weighted by Gasteiger charge is -1.99. The van der Waals surface area contributed by atoms with Crippen molar-refractivity contribution >= 4 is 49.0 Å². The SMILES string of the molecule is Cn1ccnc1CCC(=O)c1cc(Br)c(Br)s1. The number of halogens is 2. The van der Waals surface area contributed by atoms with E-state index in [-0.39, 0.29) is 5.78 Å². The molecule has 0 unspecified atom stereocenters. The molecule has 2 rings (SSSR count). The molecule has 2 heterocycles. The normalized spacial score (nSPS) is 10.8. The molecule has 90 valence electrons. The van der Waals surface area contributed by atoms with Gasteiger partial charge < -0.3 is 4.57 Å². The molecule has 2 aromatic heterocycles. The molecule has 0 aromatic carbocycles. The van der Waals surface area contributed by atoms with Gasteiger partial charge in [-0.2, -0.15) is 0 Å². The third-order valence-corrected chi connectivity index (χ3v) is 5.71. The Morgan fingerprint density at radius 2 is 2.29 bits per heavy atom. The highest BCUT2D eigenvalue weighted by atomic mass is 79.9. The van der Waals surface area contributed by atoms with Gasteiger partial charge in [0.2, 0.25) is 0 Å². The topological polar surface area (TPSA) is 34.9 Å². The molecule has 3 nitrogen and oxygen atoms in total. The van der Waals surface area contributed by atoms with Crippen LogP contribution in [0.4, 0.5) is 0 Å². The molecule has 0 saturated carbocycles. The first-order valence-corrected chi connectivity index (χ1v) is 7.42. The van der Waals surface area contributed by atoms with Gasteiger partial charge in [-0.25, -0.2) is 4.98 Å². The van der Waals surface area contributed by atoms with Crippen LogP contribution < -0.4 is 0 Å². The van der Waals surface area contributed by atoms with Crippen molar-refractivity contribution in [2.24, 2.45) is 7.05 Å². The Morgan fingerprint density at radius 3 is 2.82 bits per heavy atom. The van der Waals surface area contributed by atoms with Gasteiger partial charge in [-0.15, -0.1) is 11.3 Å². The van der Waals surface area contributed by atoms with Gasteiger partial charge in [0.15, 0.2) is 5.78 Å². The van der Waals surface area contributed by atoms with Crippen molar-refractivity contribution in [3.05, 3.63) is 37.4 Å². The quantitative estimate of drug-likeness (QED) is 0.759. The summed E-state index contributed by atoms with van der Waals surface area (Å²) in [6, 6.07) is 1.86. The average molecular weight is 378 g/mol.